The van der Waals surface area contributed by atoms with Crippen LogP contribution in [0, 0.1) is 11.8 Å². The van der Waals surface area contributed by atoms with Crippen molar-refractivity contribution in [3.05, 3.63) is 66.5 Å². The molecule has 1 spiro atoms. The number of carbonyl (C=O) groups is 2. The van der Waals surface area contributed by atoms with Gasteiger partial charge >= 0.3 is 0 Å². The third-order valence-electron chi connectivity index (χ3n) is 6.00. The van der Waals surface area contributed by atoms with Gasteiger partial charge in [0.15, 0.2) is 0 Å². The summed E-state index contributed by atoms with van der Waals surface area (Å²) < 4.78 is 11.4. The SMILES string of the molecule is COc1ccc(N2C[C@@]34C=C[C@@H](O3)[C@@H](C(=O)NCc3ccncc3)[C@@H]4C2=O)cc1. The van der Waals surface area contributed by atoms with Gasteiger partial charge in [0.1, 0.15) is 11.4 Å². The molecule has 148 valence electrons. The van der Waals surface area contributed by atoms with E-state index in [9.17, 15) is 9.59 Å². The number of ether oxygens (including phenoxy) is 2. The third-order valence-corrected chi connectivity index (χ3v) is 6.00. The fraction of sp³-hybridized carbons (Fsp3) is 0.318. The molecule has 7 nitrogen and oxygen atoms in total. The zero-order valence-corrected chi connectivity index (χ0v) is 15.9. The largest absolute Gasteiger partial charge is 0.497 e. The van der Waals surface area contributed by atoms with Crippen molar-refractivity contribution in [2.24, 2.45) is 11.8 Å². The summed E-state index contributed by atoms with van der Waals surface area (Å²) in [6.45, 7) is 0.800. The highest BCUT2D eigenvalue weighted by Crippen LogP contribution is 2.52. The fourth-order valence-electron chi connectivity index (χ4n) is 4.59. The van der Waals surface area contributed by atoms with E-state index in [0.29, 0.717) is 13.1 Å². The van der Waals surface area contributed by atoms with Crippen molar-refractivity contribution in [1.29, 1.82) is 0 Å². The summed E-state index contributed by atoms with van der Waals surface area (Å²) in [5.41, 5.74) is 0.997. The highest BCUT2D eigenvalue weighted by molar-refractivity contribution is 6.03. The molecule has 7 heteroatoms. The number of amides is 2. The molecule has 2 saturated heterocycles. The van der Waals surface area contributed by atoms with E-state index in [1.807, 2.05) is 48.6 Å². The minimum absolute atomic E-state index is 0.0777. The van der Waals surface area contributed by atoms with Crippen molar-refractivity contribution in [1.82, 2.24) is 10.3 Å². The molecule has 3 aliphatic rings. The van der Waals surface area contributed by atoms with Gasteiger partial charge in [0.2, 0.25) is 11.8 Å². The van der Waals surface area contributed by atoms with E-state index in [2.05, 4.69) is 10.3 Å². The number of hydrogen-bond donors (Lipinski definition) is 1. The summed E-state index contributed by atoms with van der Waals surface area (Å²) in [5.74, 6) is -0.558. The van der Waals surface area contributed by atoms with Crippen LogP contribution in [0.5, 0.6) is 5.75 Å². The fourth-order valence-corrected chi connectivity index (χ4v) is 4.59. The number of benzene rings is 1. The Hall–Kier alpha value is -3.19. The summed E-state index contributed by atoms with van der Waals surface area (Å²) >= 11 is 0. The van der Waals surface area contributed by atoms with Gasteiger partial charge in [-0.2, -0.15) is 0 Å². The van der Waals surface area contributed by atoms with Crippen molar-refractivity contribution in [2.75, 3.05) is 18.6 Å². The predicted molar refractivity (Wildman–Crippen MR) is 105 cm³/mol. The molecule has 29 heavy (non-hydrogen) atoms. The summed E-state index contributed by atoms with van der Waals surface area (Å²) in [5, 5.41) is 2.96. The highest BCUT2D eigenvalue weighted by Gasteiger charge is 2.67. The first-order chi connectivity index (χ1) is 14.1. The lowest BCUT2D eigenvalue weighted by Gasteiger charge is -2.23. The molecule has 0 radical (unpaired) electrons. The number of rotatable bonds is 5. The Morgan fingerprint density at radius 2 is 2.03 bits per heavy atom. The van der Waals surface area contributed by atoms with Crippen molar-refractivity contribution in [3.63, 3.8) is 0 Å². The summed E-state index contributed by atoms with van der Waals surface area (Å²) in [6, 6.07) is 11.0. The van der Waals surface area contributed by atoms with Crippen LogP contribution in [0.25, 0.3) is 0 Å². The van der Waals surface area contributed by atoms with Crippen LogP contribution in [0.3, 0.4) is 0 Å². The van der Waals surface area contributed by atoms with Gasteiger partial charge in [-0.1, -0.05) is 12.2 Å². The van der Waals surface area contributed by atoms with E-state index in [1.54, 1.807) is 24.4 Å². The molecule has 2 amide bonds. The lowest BCUT2D eigenvalue weighted by Crippen LogP contribution is -2.43. The molecule has 4 heterocycles. The zero-order chi connectivity index (χ0) is 20.0. The summed E-state index contributed by atoms with van der Waals surface area (Å²) in [6.07, 6.45) is 6.88. The van der Waals surface area contributed by atoms with Crippen LogP contribution in [0.15, 0.2) is 60.9 Å². The van der Waals surface area contributed by atoms with E-state index in [4.69, 9.17) is 9.47 Å². The maximum absolute atomic E-state index is 13.3. The van der Waals surface area contributed by atoms with E-state index in [0.717, 1.165) is 17.0 Å². The van der Waals surface area contributed by atoms with Crippen LogP contribution in [0.2, 0.25) is 0 Å². The number of carbonyl (C=O) groups excluding carboxylic acids is 2. The first kappa shape index (κ1) is 17.9. The smallest absolute Gasteiger partial charge is 0.234 e. The number of fused-ring (bicyclic) bond motifs is 1. The molecule has 1 aromatic carbocycles. The van der Waals surface area contributed by atoms with Gasteiger partial charge in [0.25, 0.3) is 0 Å². The Balaban J connectivity index is 1.37. The Morgan fingerprint density at radius 1 is 1.28 bits per heavy atom. The van der Waals surface area contributed by atoms with Crippen molar-refractivity contribution in [2.45, 2.75) is 18.2 Å². The predicted octanol–water partition coefficient (Wildman–Crippen LogP) is 1.69. The molecule has 0 saturated carbocycles. The Morgan fingerprint density at radius 3 is 2.76 bits per heavy atom. The monoisotopic (exact) mass is 391 g/mol. The Labute approximate surface area is 168 Å². The van der Waals surface area contributed by atoms with Gasteiger partial charge in [-0.05, 0) is 42.0 Å². The second kappa shape index (κ2) is 6.70. The highest BCUT2D eigenvalue weighted by atomic mass is 16.5. The molecule has 2 fully saturated rings. The second-order valence-corrected chi connectivity index (χ2v) is 7.60. The first-order valence-electron chi connectivity index (χ1n) is 9.60. The minimum Gasteiger partial charge on any atom is -0.497 e. The zero-order valence-electron chi connectivity index (χ0n) is 15.9. The lowest BCUT2D eigenvalue weighted by atomic mass is 9.77. The number of pyridine rings is 1. The molecule has 2 bridgehead atoms. The minimum atomic E-state index is -0.736. The van der Waals surface area contributed by atoms with Gasteiger partial charge in [0, 0.05) is 24.6 Å². The molecule has 3 aliphatic heterocycles. The average molecular weight is 391 g/mol. The van der Waals surface area contributed by atoms with Crippen molar-refractivity contribution >= 4 is 17.5 Å². The Kier molecular flexibility index (Phi) is 4.13. The first-order valence-corrected chi connectivity index (χ1v) is 9.60. The standard InChI is InChI=1S/C22H21N3O4/c1-28-16-4-2-15(3-5-16)25-13-22-9-6-17(29-22)18(19(22)21(25)27)20(26)24-12-14-7-10-23-11-8-14/h2-11,17-19H,12-13H2,1H3,(H,24,26)/t17-,18-,19-,22-/m1/s1. The number of methoxy groups -OCH3 is 1. The second-order valence-electron chi connectivity index (χ2n) is 7.60. The van der Waals surface area contributed by atoms with Crippen molar-refractivity contribution < 1.29 is 19.1 Å². The van der Waals surface area contributed by atoms with Gasteiger partial charge in [0.05, 0.1) is 31.6 Å². The van der Waals surface area contributed by atoms with Crippen LogP contribution < -0.4 is 15.0 Å². The quantitative estimate of drug-likeness (QED) is 0.785. The summed E-state index contributed by atoms with van der Waals surface area (Å²) in [4.78, 5) is 32.0. The summed E-state index contributed by atoms with van der Waals surface area (Å²) in [7, 11) is 1.60. The lowest BCUT2D eigenvalue weighted by molar-refractivity contribution is -0.132. The number of anilines is 1. The van der Waals surface area contributed by atoms with Gasteiger partial charge < -0.3 is 19.7 Å². The van der Waals surface area contributed by atoms with E-state index in [1.165, 1.54) is 0 Å². The number of nitrogens with zero attached hydrogens (tertiary/aromatic N) is 2. The average Bonchev–Trinajstić information content (AvgIpc) is 3.41. The molecule has 0 unspecified atom stereocenters. The van der Waals surface area contributed by atoms with E-state index < -0.39 is 17.4 Å². The van der Waals surface area contributed by atoms with Crippen LogP contribution in [0.1, 0.15) is 5.56 Å². The molecule has 1 N–H and O–H groups in total. The molecule has 2 aromatic rings. The van der Waals surface area contributed by atoms with Crippen LogP contribution in [0.4, 0.5) is 5.69 Å². The van der Waals surface area contributed by atoms with Gasteiger partial charge in [-0.25, -0.2) is 0 Å². The maximum atomic E-state index is 13.3. The number of hydrogen-bond acceptors (Lipinski definition) is 5. The van der Waals surface area contributed by atoms with Gasteiger partial charge in [-0.15, -0.1) is 0 Å². The van der Waals surface area contributed by atoms with Gasteiger partial charge in [-0.3, -0.25) is 14.6 Å². The van der Waals surface area contributed by atoms with Crippen LogP contribution in [-0.4, -0.2) is 42.2 Å². The molecule has 1 aromatic heterocycles. The molecular formula is C22H21N3O4. The van der Waals surface area contributed by atoms with Crippen LogP contribution in [-0.2, 0) is 20.9 Å². The van der Waals surface area contributed by atoms with E-state index in [-0.39, 0.29) is 17.9 Å². The molecule has 0 aliphatic carbocycles. The van der Waals surface area contributed by atoms with Crippen molar-refractivity contribution in [3.8, 4) is 5.75 Å². The normalized spacial score (nSPS) is 29.2. The topological polar surface area (TPSA) is 80.8 Å². The number of aromatic nitrogens is 1. The number of nitrogens with one attached hydrogen (secondary N) is 1. The molecular weight excluding hydrogens is 370 g/mol. The van der Waals surface area contributed by atoms with Crippen LogP contribution >= 0.6 is 0 Å². The molecule has 5 rings (SSSR count). The third kappa shape index (κ3) is 2.81. The maximum Gasteiger partial charge on any atom is 0.234 e. The van der Waals surface area contributed by atoms with E-state index >= 15 is 0 Å². The Bertz CT molecular complexity index is 975. The molecule has 4 atom stereocenters.